The molecule has 3 aromatic rings. The number of aliphatic carboxylic acids is 1. The van der Waals surface area contributed by atoms with Gasteiger partial charge in [-0.15, -0.1) is 0 Å². The first-order chi connectivity index (χ1) is 13.4. The van der Waals surface area contributed by atoms with Crippen molar-refractivity contribution in [1.29, 1.82) is 5.26 Å². The number of nitrogens with one attached hydrogen (secondary N) is 1. The average Bonchev–Trinajstić information content (AvgIpc) is 2.99. The number of carboxylic acid groups (broad SMARTS) is 1. The second kappa shape index (κ2) is 7.99. The number of halogens is 1. The molecule has 0 saturated heterocycles. The smallest absolute Gasteiger partial charge is 0.323 e. The summed E-state index contributed by atoms with van der Waals surface area (Å²) in [5.74, 6) is -1.55. The Hall–Kier alpha value is -3.56. The number of hydrogen-bond acceptors (Lipinski definition) is 3. The highest BCUT2D eigenvalue weighted by Gasteiger charge is 2.14. The zero-order valence-electron chi connectivity index (χ0n) is 14.9. The summed E-state index contributed by atoms with van der Waals surface area (Å²) < 4.78 is 1.57. The monoisotopic (exact) mass is 393 g/mol. The Kier molecular flexibility index (Phi) is 5.48. The van der Waals surface area contributed by atoms with E-state index >= 15 is 0 Å². The van der Waals surface area contributed by atoms with E-state index in [0.29, 0.717) is 21.8 Å². The van der Waals surface area contributed by atoms with Gasteiger partial charge in [-0.05, 0) is 36.8 Å². The van der Waals surface area contributed by atoms with Gasteiger partial charge in [0.05, 0.1) is 0 Å². The largest absolute Gasteiger partial charge is 0.480 e. The topological polar surface area (TPSA) is 95.1 Å². The molecule has 0 unspecified atom stereocenters. The van der Waals surface area contributed by atoms with E-state index in [1.54, 1.807) is 41.1 Å². The van der Waals surface area contributed by atoms with Crippen molar-refractivity contribution in [3.63, 3.8) is 0 Å². The van der Waals surface area contributed by atoms with E-state index in [-0.39, 0.29) is 12.1 Å². The van der Waals surface area contributed by atoms with Crippen LogP contribution < -0.4 is 5.32 Å². The normalized spacial score (nSPS) is 11.2. The van der Waals surface area contributed by atoms with Gasteiger partial charge < -0.3 is 15.0 Å². The molecule has 0 saturated carbocycles. The highest BCUT2D eigenvalue weighted by atomic mass is 35.5. The lowest BCUT2D eigenvalue weighted by atomic mass is 10.1. The van der Waals surface area contributed by atoms with Crippen LogP contribution in [-0.2, 0) is 16.1 Å². The molecule has 1 heterocycles. The molecule has 0 radical (unpaired) electrons. The van der Waals surface area contributed by atoms with E-state index in [1.165, 1.54) is 6.08 Å². The van der Waals surface area contributed by atoms with Crippen molar-refractivity contribution in [2.45, 2.75) is 13.5 Å². The minimum Gasteiger partial charge on any atom is -0.480 e. The summed E-state index contributed by atoms with van der Waals surface area (Å²) >= 11 is 6.07. The summed E-state index contributed by atoms with van der Waals surface area (Å²) in [6.07, 6.45) is 3.07. The van der Waals surface area contributed by atoms with Crippen LogP contribution in [0.3, 0.4) is 0 Å². The quantitative estimate of drug-likeness (QED) is 0.500. The number of carboxylic acids is 1. The van der Waals surface area contributed by atoms with Gasteiger partial charge >= 0.3 is 5.97 Å². The van der Waals surface area contributed by atoms with Crippen LogP contribution in [0.15, 0.2) is 54.2 Å². The van der Waals surface area contributed by atoms with Crippen LogP contribution in [0.5, 0.6) is 0 Å². The van der Waals surface area contributed by atoms with Gasteiger partial charge in [0.1, 0.15) is 18.2 Å². The average molecular weight is 394 g/mol. The number of nitriles is 1. The van der Waals surface area contributed by atoms with Gasteiger partial charge in [-0.25, -0.2) is 0 Å². The Morgan fingerprint density at radius 3 is 2.71 bits per heavy atom. The van der Waals surface area contributed by atoms with Crippen LogP contribution >= 0.6 is 11.6 Å². The molecular formula is C21H16ClN3O3. The molecule has 7 heteroatoms. The summed E-state index contributed by atoms with van der Waals surface area (Å²) in [5, 5.41) is 22.5. The summed E-state index contributed by atoms with van der Waals surface area (Å²) in [4.78, 5) is 23.6. The highest BCUT2D eigenvalue weighted by Crippen LogP contribution is 2.24. The number of hydrogen-bond donors (Lipinski definition) is 2. The second-order valence-corrected chi connectivity index (χ2v) is 6.62. The lowest BCUT2D eigenvalue weighted by molar-refractivity contribution is -0.137. The number of nitrogens with zero attached hydrogens (tertiary/aromatic N) is 2. The van der Waals surface area contributed by atoms with Gasteiger partial charge in [-0.3, -0.25) is 9.59 Å². The maximum atomic E-state index is 12.5. The Morgan fingerprint density at radius 1 is 1.29 bits per heavy atom. The van der Waals surface area contributed by atoms with Crippen LogP contribution in [0.4, 0.5) is 5.69 Å². The van der Waals surface area contributed by atoms with Crippen molar-refractivity contribution in [3.05, 3.63) is 70.4 Å². The molecule has 0 spiro atoms. The van der Waals surface area contributed by atoms with Crippen LogP contribution in [0.25, 0.3) is 17.0 Å². The molecule has 1 aromatic heterocycles. The molecule has 2 aromatic carbocycles. The first kappa shape index (κ1) is 19.2. The maximum Gasteiger partial charge on any atom is 0.323 e. The molecule has 3 rings (SSSR count). The van der Waals surface area contributed by atoms with E-state index in [4.69, 9.17) is 16.7 Å². The van der Waals surface area contributed by atoms with E-state index in [1.807, 2.05) is 25.1 Å². The first-order valence-electron chi connectivity index (χ1n) is 8.38. The minimum absolute atomic E-state index is 0.102. The Bertz CT molecular complexity index is 1160. The standard InChI is InChI=1S/C21H16ClN3O3/c1-13-6-7-16(9-18(13)22)24-21(28)14(10-23)8-15-11-25(12-20(26)27)19-5-3-2-4-17(15)19/h2-9,11H,12H2,1H3,(H,24,28)(H,26,27). The third-order valence-corrected chi connectivity index (χ3v) is 4.63. The third kappa shape index (κ3) is 4.05. The molecule has 0 aliphatic carbocycles. The molecule has 0 aliphatic rings. The number of amides is 1. The molecule has 6 nitrogen and oxygen atoms in total. The SMILES string of the molecule is Cc1ccc(NC(=O)C(C#N)=Cc2cn(CC(=O)O)c3ccccc23)cc1Cl. The minimum atomic E-state index is -0.981. The fourth-order valence-electron chi connectivity index (χ4n) is 2.84. The van der Waals surface area contributed by atoms with Crippen LogP contribution in [0.1, 0.15) is 11.1 Å². The molecule has 140 valence electrons. The second-order valence-electron chi connectivity index (χ2n) is 6.21. The van der Waals surface area contributed by atoms with Crippen LogP contribution in [-0.4, -0.2) is 21.6 Å². The fraction of sp³-hybridized carbons (Fsp3) is 0.0952. The highest BCUT2D eigenvalue weighted by molar-refractivity contribution is 6.31. The molecular weight excluding hydrogens is 378 g/mol. The Balaban J connectivity index is 1.96. The van der Waals surface area contributed by atoms with Crippen molar-refractivity contribution in [2.24, 2.45) is 0 Å². The predicted octanol–water partition coefficient (Wildman–Crippen LogP) is 4.23. The molecule has 0 bridgehead atoms. The number of anilines is 1. The zero-order chi connectivity index (χ0) is 20.3. The number of fused-ring (bicyclic) bond motifs is 1. The number of para-hydroxylation sites is 1. The van der Waals surface area contributed by atoms with Gasteiger partial charge in [-0.2, -0.15) is 5.26 Å². The number of rotatable bonds is 5. The summed E-state index contributed by atoms with van der Waals surface area (Å²) in [5.41, 5.74) is 2.55. The Labute approximate surface area is 166 Å². The maximum absolute atomic E-state index is 12.5. The fourth-order valence-corrected chi connectivity index (χ4v) is 3.02. The predicted molar refractivity (Wildman–Crippen MR) is 108 cm³/mol. The van der Waals surface area contributed by atoms with Gasteiger partial charge in [0.2, 0.25) is 0 Å². The van der Waals surface area contributed by atoms with Gasteiger partial charge in [-0.1, -0.05) is 35.9 Å². The third-order valence-electron chi connectivity index (χ3n) is 4.22. The van der Waals surface area contributed by atoms with Crippen molar-refractivity contribution in [2.75, 3.05) is 5.32 Å². The van der Waals surface area contributed by atoms with Crippen LogP contribution in [0.2, 0.25) is 5.02 Å². The summed E-state index contributed by atoms with van der Waals surface area (Å²) in [7, 11) is 0. The van der Waals surface area contributed by atoms with Gasteiger partial charge in [0.25, 0.3) is 5.91 Å². The van der Waals surface area contributed by atoms with E-state index in [0.717, 1.165) is 10.9 Å². The number of carbonyl (C=O) groups is 2. The number of carbonyl (C=O) groups excluding carboxylic acids is 1. The zero-order valence-corrected chi connectivity index (χ0v) is 15.7. The Morgan fingerprint density at radius 2 is 2.04 bits per heavy atom. The lowest BCUT2D eigenvalue weighted by Crippen LogP contribution is -2.13. The van der Waals surface area contributed by atoms with E-state index in [2.05, 4.69) is 5.32 Å². The van der Waals surface area contributed by atoms with Crippen molar-refractivity contribution in [1.82, 2.24) is 4.57 Å². The molecule has 2 N–H and O–H groups in total. The lowest BCUT2D eigenvalue weighted by Gasteiger charge is -2.06. The number of benzene rings is 2. The molecule has 0 fully saturated rings. The van der Waals surface area contributed by atoms with Crippen LogP contribution in [0, 0.1) is 18.3 Å². The van der Waals surface area contributed by atoms with Crippen molar-refractivity contribution < 1.29 is 14.7 Å². The number of aryl methyl sites for hydroxylation is 1. The molecule has 0 atom stereocenters. The van der Waals surface area contributed by atoms with E-state index in [9.17, 15) is 14.9 Å². The first-order valence-corrected chi connectivity index (χ1v) is 8.76. The van der Waals surface area contributed by atoms with Gasteiger partial charge in [0, 0.05) is 33.4 Å². The number of aromatic nitrogens is 1. The molecule has 28 heavy (non-hydrogen) atoms. The summed E-state index contributed by atoms with van der Waals surface area (Å²) in [6.45, 7) is 1.63. The molecule has 0 aliphatic heterocycles. The van der Waals surface area contributed by atoms with Crippen molar-refractivity contribution in [3.8, 4) is 6.07 Å². The van der Waals surface area contributed by atoms with Crippen molar-refractivity contribution >= 4 is 46.1 Å². The van der Waals surface area contributed by atoms with Gasteiger partial charge in [0.15, 0.2) is 0 Å². The summed E-state index contributed by atoms with van der Waals surface area (Å²) in [6, 6.07) is 14.2. The van der Waals surface area contributed by atoms with E-state index < -0.39 is 11.9 Å². The molecule has 1 amide bonds.